The van der Waals surface area contributed by atoms with Crippen LogP contribution >= 0.6 is 0 Å². The lowest BCUT2D eigenvalue weighted by Crippen LogP contribution is -2.35. The summed E-state index contributed by atoms with van der Waals surface area (Å²) < 4.78 is 25.9. The molecule has 1 aliphatic heterocycles. The number of nitrogens with one attached hydrogen (secondary N) is 1. The molecule has 1 unspecified atom stereocenters. The predicted molar refractivity (Wildman–Crippen MR) is 74.6 cm³/mol. The van der Waals surface area contributed by atoms with Gasteiger partial charge in [-0.1, -0.05) is 0 Å². The van der Waals surface area contributed by atoms with E-state index in [1.165, 1.54) is 18.9 Å². The predicted octanol–water partition coefficient (Wildman–Crippen LogP) is 3.10. The first-order chi connectivity index (χ1) is 9.08. The topological polar surface area (TPSA) is 41.3 Å². The molecule has 0 aliphatic carbocycles. The van der Waals surface area contributed by atoms with Crippen LogP contribution in [0.25, 0.3) is 0 Å². The van der Waals surface area contributed by atoms with Crippen molar-refractivity contribution in [2.75, 3.05) is 30.7 Å². The SMILES string of the molecule is CC(CNc1ccc(N)cc1C(F)F)N1CCCC1. The molecule has 19 heavy (non-hydrogen) atoms. The van der Waals surface area contributed by atoms with Crippen LogP contribution in [0.5, 0.6) is 0 Å². The molecule has 0 bridgehead atoms. The Morgan fingerprint density at radius 3 is 2.63 bits per heavy atom. The minimum absolute atomic E-state index is 0.0198. The lowest BCUT2D eigenvalue weighted by atomic mass is 10.1. The molecule has 3 N–H and O–H groups in total. The second kappa shape index (κ2) is 6.19. The first-order valence-corrected chi connectivity index (χ1v) is 6.73. The molecule has 106 valence electrons. The number of likely N-dealkylation sites (tertiary alicyclic amines) is 1. The van der Waals surface area contributed by atoms with E-state index in [0.29, 0.717) is 24.0 Å². The highest BCUT2D eigenvalue weighted by Gasteiger charge is 2.19. The van der Waals surface area contributed by atoms with Crippen LogP contribution in [-0.4, -0.2) is 30.6 Å². The number of nitrogen functional groups attached to an aromatic ring is 1. The van der Waals surface area contributed by atoms with Gasteiger partial charge in [0, 0.05) is 29.5 Å². The second-order valence-electron chi connectivity index (χ2n) is 5.12. The molecule has 0 spiro atoms. The summed E-state index contributed by atoms with van der Waals surface area (Å²) >= 11 is 0. The van der Waals surface area contributed by atoms with Gasteiger partial charge in [0.25, 0.3) is 6.43 Å². The fourth-order valence-corrected chi connectivity index (χ4v) is 2.49. The third-order valence-electron chi connectivity index (χ3n) is 3.66. The number of halogens is 2. The molecule has 0 saturated carbocycles. The Hall–Kier alpha value is -1.36. The monoisotopic (exact) mass is 269 g/mol. The van der Waals surface area contributed by atoms with E-state index in [1.807, 2.05) is 0 Å². The Kier molecular flexibility index (Phi) is 4.58. The maximum Gasteiger partial charge on any atom is 0.265 e. The number of benzene rings is 1. The van der Waals surface area contributed by atoms with E-state index < -0.39 is 6.43 Å². The van der Waals surface area contributed by atoms with Gasteiger partial charge < -0.3 is 11.1 Å². The standard InChI is InChI=1S/C14H21F2N3/c1-10(19-6-2-3-7-19)9-18-13-5-4-11(17)8-12(13)14(15)16/h4-5,8,10,14,18H,2-3,6-7,9,17H2,1H3. The molecule has 0 aromatic heterocycles. The Labute approximate surface area is 112 Å². The van der Waals surface area contributed by atoms with Gasteiger partial charge in [0.05, 0.1) is 0 Å². The average Bonchev–Trinajstić information content (AvgIpc) is 2.90. The molecular formula is C14H21F2N3. The smallest absolute Gasteiger partial charge is 0.265 e. The molecule has 1 aromatic rings. The van der Waals surface area contributed by atoms with Crippen LogP contribution in [-0.2, 0) is 0 Å². The Morgan fingerprint density at radius 1 is 1.32 bits per heavy atom. The number of anilines is 2. The normalized spacial score (nSPS) is 17.9. The summed E-state index contributed by atoms with van der Waals surface area (Å²) in [6, 6.07) is 4.97. The van der Waals surface area contributed by atoms with E-state index in [9.17, 15) is 8.78 Å². The number of alkyl halides is 2. The largest absolute Gasteiger partial charge is 0.399 e. The molecule has 3 nitrogen and oxygen atoms in total. The van der Waals surface area contributed by atoms with Crippen molar-refractivity contribution in [1.29, 1.82) is 0 Å². The summed E-state index contributed by atoms with van der Waals surface area (Å²) in [4.78, 5) is 2.38. The van der Waals surface area contributed by atoms with Crippen molar-refractivity contribution in [1.82, 2.24) is 4.90 Å². The van der Waals surface area contributed by atoms with Crippen LogP contribution in [0.15, 0.2) is 18.2 Å². The fraction of sp³-hybridized carbons (Fsp3) is 0.571. The second-order valence-corrected chi connectivity index (χ2v) is 5.12. The zero-order chi connectivity index (χ0) is 13.8. The number of rotatable bonds is 5. The Bertz CT molecular complexity index is 417. The van der Waals surface area contributed by atoms with Crippen molar-refractivity contribution in [3.63, 3.8) is 0 Å². The highest BCUT2D eigenvalue weighted by Crippen LogP contribution is 2.29. The van der Waals surface area contributed by atoms with Gasteiger partial charge in [-0.25, -0.2) is 8.78 Å². The quantitative estimate of drug-likeness (QED) is 0.807. The molecule has 1 heterocycles. The fourth-order valence-electron chi connectivity index (χ4n) is 2.49. The number of hydrogen-bond acceptors (Lipinski definition) is 3. The summed E-state index contributed by atoms with van der Waals surface area (Å²) in [6.45, 7) is 5.00. The van der Waals surface area contributed by atoms with Crippen molar-refractivity contribution in [3.05, 3.63) is 23.8 Å². The zero-order valence-electron chi connectivity index (χ0n) is 11.2. The summed E-state index contributed by atoms with van der Waals surface area (Å²) in [5, 5.41) is 3.12. The van der Waals surface area contributed by atoms with Crippen molar-refractivity contribution in [2.45, 2.75) is 32.2 Å². The van der Waals surface area contributed by atoms with Crippen LogP contribution in [0.2, 0.25) is 0 Å². The van der Waals surface area contributed by atoms with E-state index in [2.05, 4.69) is 17.1 Å². The van der Waals surface area contributed by atoms with Crippen LogP contribution < -0.4 is 11.1 Å². The van der Waals surface area contributed by atoms with Crippen LogP contribution in [0, 0.1) is 0 Å². The highest BCUT2D eigenvalue weighted by atomic mass is 19.3. The zero-order valence-corrected chi connectivity index (χ0v) is 11.2. The van der Waals surface area contributed by atoms with Crippen molar-refractivity contribution >= 4 is 11.4 Å². The maximum atomic E-state index is 12.9. The molecule has 2 rings (SSSR count). The van der Waals surface area contributed by atoms with Gasteiger partial charge in [-0.15, -0.1) is 0 Å². The van der Waals surface area contributed by atoms with E-state index >= 15 is 0 Å². The number of nitrogens with zero attached hydrogens (tertiary/aromatic N) is 1. The van der Waals surface area contributed by atoms with Crippen LogP contribution in [0.4, 0.5) is 20.2 Å². The lowest BCUT2D eigenvalue weighted by Gasteiger charge is -2.25. The van der Waals surface area contributed by atoms with E-state index in [-0.39, 0.29) is 5.56 Å². The van der Waals surface area contributed by atoms with E-state index in [4.69, 9.17) is 5.73 Å². The summed E-state index contributed by atoms with van der Waals surface area (Å²) in [7, 11) is 0. The molecular weight excluding hydrogens is 248 g/mol. The van der Waals surface area contributed by atoms with Gasteiger partial charge in [-0.2, -0.15) is 0 Å². The molecule has 1 aliphatic rings. The summed E-state index contributed by atoms with van der Waals surface area (Å²) in [6.07, 6.45) is -0.0451. The van der Waals surface area contributed by atoms with Crippen molar-refractivity contribution in [3.8, 4) is 0 Å². The third-order valence-corrected chi connectivity index (χ3v) is 3.66. The molecule has 1 saturated heterocycles. The summed E-state index contributed by atoms with van der Waals surface area (Å²) in [5.74, 6) is 0. The minimum atomic E-state index is -2.51. The Morgan fingerprint density at radius 2 is 2.00 bits per heavy atom. The molecule has 0 amide bonds. The third kappa shape index (κ3) is 3.56. The first-order valence-electron chi connectivity index (χ1n) is 6.73. The number of nitrogens with two attached hydrogens (primary N) is 1. The minimum Gasteiger partial charge on any atom is -0.399 e. The number of hydrogen-bond donors (Lipinski definition) is 2. The first kappa shape index (κ1) is 14.1. The van der Waals surface area contributed by atoms with E-state index in [1.54, 1.807) is 12.1 Å². The van der Waals surface area contributed by atoms with Crippen molar-refractivity contribution < 1.29 is 8.78 Å². The molecule has 0 radical (unpaired) electrons. The van der Waals surface area contributed by atoms with Crippen molar-refractivity contribution in [2.24, 2.45) is 0 Å². The summed E-state index contributed by atoms with van der Waals surface area (Å²) in [5.41, 5.74) is 6.38. The molecule has 1 fully saturated rings. The van der Waals surface area contributed by atoms with Gasteiger partial charge in [0.15, 0.2) is 0 Å². The van der Waals surface area contributed by atoms with Gasteiger partial charge in [0.2, 0.25) is 0 Å². The Balaban J connectivity index is 1.98. The average molecular weight is 269 g/mol. The van der Waals surface area contributed by atoms with Gasteiger partial charge in [-0.05, 0) is 51.1 Å². The molecule has 1 atom stereocenters. The molecule has 5 heteroatoms. The van der Waals surface area contributed by atoms with Crippen LogP contribution in [0.3, 0.4) is 0 Å². The molecule has 1 aromatic carbocycles. The van der Waals surface area contributed by atoms with Gasteiger partial charge >= 0.3 is 0 Å². The maximum absolute atomic E-state index is 12.9. The highest BCUT2D eigenvalue weighted by molar-refractivity contribution is 5.58. The van der Waals surface area contributed by atoms with E-state index in [0.717, 1.165) is 13.1 Å². The van der Waals surface area contributed by atoms with Crippen LogP contribution in [0.1, 0.15) is 31.8 Å². The van der Waals surface area contributed by atoms with Gasteiger partial charge in [-0.3, -0.25) is 4.90 Å². The van der Waals surface area contributed by atoms with Gasteiger partial charge in [0.1, 0.15) is 0 Å². The lowest BCUT2D eigenvalue weighted by molar-refractivity contribution is 0.152.